The van der Waals surface area contributed by atoms with Crippen LogP contribution in [0.5, 0.6) is 5.75 Å². The molecule has 2 fully saturated rings. The van der Waals surface area contributed by atoms with Crippen molar-refractivity contribution < 1.29 is 9.53 Å². The number of amides is 1. The number of nitrogens with zero attached hydrogens (tertiary/aromatic N) is 5. The Hall–Kier alpha value is -4.18. The second kappa shape index (κ2) is 10.7. The first-order chi connectivity index (χ1) is 18.7. The van der Waals surface area contributed by atoms with Crippen LogP contribution in [0.15, 0.2) is 54.9 Å². The summed E-state index contributed by atoms with van der Waals surface area (Å²) in [6.07, 6.45) is 7.99. The van der Waals surface area contributed by atoms with Crippen molar-refractivity contribution in [3.8, 4) is 5.75 Å². The van der Waals surface area contributed by atoms with Crippen LogP contribution in [0.2, 0.25) is 0 Å². The third-order valence-corrected chi connectivity index (χ3v) is 7.32. The lowest BCUT2D eigenvalue weighted by molar-refractivity contribution is 0.101. The maximum absolute atomic E-state index is 13.4. The van der Waals surface area contributed by atoms with E-state index in [4.69, 9.17) is 9.72 Å². The summed E-state index contributed by atoms with van der Waals surface area (Å²) in [6, 6.07) is 13.5. The first-order valence-corrected chi connectivity index (χ1v) is 13.2. The molecule has 1 aliphatic heterocycles. The van der Waals surface area contributed by atoms with Crippen LogP contribution in [0.25, 0.3) is 11.0 Å². The van der Waals surface area contributed by atoms with Gasteiger partial charge in [0.1, 0.15) is 22.9 Å². The number of hydrogen-bond donors (Lipinski definition) is 3. The third kappa shape index (κ3) is 4.99. The summed E-state index contributed by atoms with van der Waals surface area (Å²) >= 11 is 0. The fourth-order valence-corrected chi connectivity index (χ4v) is 5.33. The first-order valence-electron chi connectivity index (χ1n) is 13.2. The van der Waals surface area contributed by atoms with Gasteiger partial charge in [-0.2, -0.15) is 4.98 Å². The van der Waals surface area contributed by atoms with Gasteiger partial charge >= 0.3 is 0 Å². The van der Waals surface area contributed by atoms with Crippen LogP contribution >= 0.6 is 0 Å². The summed E-state index contributed by atoms with van der Waals surface area (Å²) in [5.74, 6) is 1.71. The van der Waals surface area contributed by atoms with Gasteiger partial charge in [0, 0.05) is 49.5 Å². The van der Waals surface area contributed by atoms with Crippen LogP contribution in [0.1, 0.15) is 42.2 Å². The molecule has 0 spiro atoms. The summed E-state index contributed by atoms with van der Waals surface area (Å²) in [6.45, 7) is 3.91. The van der Waals surface area contributed by atoms with E-state index in [-0.39, 0.29) is 11.9 Å². The molecule has 38 heavy (non-hydrogen) atoms. The Balaban J connectivity index is 1.27. The molecule has 1 saturated heterocycles. The van der Waals surface area contributed by atoms with E-state index in [1.807, 2.05) is 42.6 Å². The summed E-state index contributed by atoms with van der Waals surface area (Å²) < 4.78 is 7.32. The number of nitrogens with one attached hydrogen (secondary N) is 3. The number of ether oxygens (including phenoxy) is 1. The van der Waals surface area contributed by atoms with Gasteiger partial charge in [0.05, 0.1) is 19.0 Å². The first kappa shape index (κ1) is 24.2. The lowest BCUT2D eigenvalue weighted by Crippen LogP contribution is -2.43. The topological polar surface area (TPSA) is 109 Å². The molecule has 1 aliphatic carbocycles. The van der Waals surface area contributed by atoms with E-state index in [0.29, 0.717) is 23.1 Å². The fraction of sp³-hybridized carbons (Fsp3) is 0.357. The standard InChI is InChI=1S/C28H32N8O2/c1-38-23-9-6-20(7-10-23)32-27(37)24-16-19-17-31-28(34-26(19)36(24)21-4-2-3-5-21)33-25-11-8-22(18-30-25)35-14-12-29-13-15-35/h6-11,16-18,21,29H,2-5,12-15H2,1H3,(H,32,37)(H,30,31,33,34). The number of carbonyl (C=O) groups is 1. The van der Waals surface area contributed by atoms with Crippen LogP contribution in [-0.2, 0) is 0 Å². The number of benzene rings is 1. The highest BCUT2D eigenvalue weighted by atomic mass is 16.5. The number of anilines is 4. The van der Waals surface area contributed by atoms with Crippen LogP contribution in [0.3, 0.4) is 0 Å². The molecular formula is C28H32N8O2. The van der Waals surface area contributed by atoms with Gasteiger partial charge in [0.25, 0.3) is 5.91 Å². The van der Waals surface area contributed by atoms with Gasteiger partial charge in [0.15, 0.2) is 0 Å². The van der Waals surface area contributed by atoms with Crippen molar-refractivity contribution in [2.45, 2.75) is 31.7 Å². The predicted molar refractivity (Wildman–Crippen MR) is 149 cm³/mol. The number of fused-ring (bicyclic) bond motifs is 1. The van der Waals surface area contributed by atoms with Crippen LogP contribution < -0.4 is 25.6 Å². The van der Waals surface area contributed by atoms with Gasteiger partial charge in [-0.1, -0.05) is 12.8 Å². The van der Waals surface area contributed by atoms with Crippen LogP contribution in [0.4, 0.5) is 23.1 Å². The predicted octanol–water partition coefficient (Wildman–Crippen LogP) is 4.36. The molecule has 4 aromatic rings. The molecule has 4 heterocycles. The van der Waals surface area contributed by atoms with E-state index in [1.54, 1.807) is 13.3 Å². The molecule has 10 heteroatoms. The average Bonchev–Trinajstić information content (AvgIpc) is 3.62. The number of methoxy groups -OCH3 is 1. The highest BCUT2D eigenvalue weighted by Crippen LogP contribution is 2.35. The number of hydrogen-bond acceptors (Lipinski definition) is 8. The quantitative estimate of drug-likeness (QED) is 0.335. The summed E-state index contributed by atoms with van der Waals surface area (Å²) in [4.78, 5) is 29.7. The minimum Gasteiger partial charge on any atom is -0.497 e. The van der Waals surface area contributed by atoms with E-state index in [1.165, 1.54) is 0 Å². The summed E-state index contributed by atoms with van der Waals surface area (Å²) in [5.41, 5.74) is 3.17. The minimum absolute atomic E-state index is 0.167. The second-order valence-electron chi connectivity index (χ2n) is 9.76. The van der Waals surface area contributed by atoms with Gasteiger partial charge in [-0.25, -0.2) is 9.97 Å². The molecular weight excluding hydrogens is 480 g/mol. The van der Waals surface area contributed by atoms with E-state index < -0.39 is 0 Å². The molecule has 1 aromatic carbocycles. The highest BCUT2D eigenvalue weighted by Gasteiger charge is 2.26. The van der Waals surface area contributed by atoms with Crippen molar-refractivity contribution in [2.75, 3.05) is 48.8 Å². The van der Waals surface area contributed by atoms with Crippen molar-refractivity contribution in [1.82, 2.24) is 24.8 Å². The van der Waals surface area contributed by atoms with Gasteiger partial charge in [-0.3, -0.25) is 4.79 Å². The zero-order valence-electron chi connectivity index (χ0n) is 21.5. The normalized spacial score (nSPS) is 16.1. The summed E-state index contributed by atoms with van der Waals surface area (Å²) in [7, 11) is 1.62. The van der Waals surface area contributed by atoms with Crippen LogP contribution in [-0.4, -0.2) is 58.7 Å². The largest absolute Gasteiger partial charge is 0.497 e. The van der Waals surface area contributed by atoms with Crippen molar-refractivity contribution in [3.63, 3.8) is 0 Å². The zero-order chi connectivity index (χ0) is 25.9. The number of rotatable bonds is 7. The Morgan fingerprint density at radius 2 is 1.82 bits per heavy atom. The maximum Gasteiger partial charge on any atom is 0.272 e. The Labute approximate surface area is 221 Å². The van der Waals surface area contributed by atoms with Crippen LogP contribution in [0, 0.1) is 0 Å². The van der Waals surface area contributed by atoms with E-state index >= 15 is 0 Å². The van der Waals surface area contributed by atoms with Gasteiger partial charge in [-0.15, -0.1) is 0 Å². The Morgan fingerprint density at radius 3 is 2.53 bits per heavy atom. The molecule has 3 N–H and O–H groups in total. The van der Waals surface area contributed by atoms with E-state index in [2.05, 4.69) is 41.5 Å². The summed E-state index contributed by atoms with van der Waals surface area (Å²) in [5, 5.41) is 10.5. The SMILES string of the molecule is COc1ccc(NC(=O)c2cc3cnc(Nc4ccc(N5CCNCC5)cn4)nc3n2C2CCCC2)cc1. The Morgan fingerprint density at radius 1 is 1.03 bits per heavy atom. The average molecular weight is 513 g/mol. The molecule has 3 aromatic heterocycles. The molecule has 1 saturated carbocycles. The monoisotopic (exact) mass is 512 g/mol. The van der Waals surface area contributed by atoms with Crippen molar-refractivity contribution in [2.24, 2.45) is 0 Å². The lowest BCUT2D eigenvalue weighted by Gasteiger charge is -2.29. The smallest absolute Gasteiger partial charge is 0.272 e. The van der Waals surface area contributed by atoms with E-state index in [0.717, 1.165) is 74.3 Å². The third-order valence-electron chi connectivity index (χ3n) is 7.32. The maximum atomic E-state index is 13.4. The Bertz CT molecular complexity index is 1410. The zero-order valence-corrected chi connectivity index (χ0v) is 21.5. The molecule has 0 bridgehead atoms. The number of carbonyl (C=O) groups excluding carboxylic acids is 1. The molecule has 196 valence electrons. The highest BCUT2D eigenvalue weighted by molar-refractivity contribution is 6.06. The van der Waals surface area contributed by atoms with Gasteiger partial charge < -0.3 is 30.2 Å². The number of aromatic nitrogens is 4. The van der Waals surface area contributed by atoms with Gasteiger partial charge in [0.2, 0.25) is 5.95 Å². The molecule has 10 nitrogen and oxygen atoms in total. The fourth-order valence-electron chi connectivity index (χ4n) is 5.33. The lowest BCUT2D eigenvalue weighted by atomic mass is 10.2. The molecule has 0 unspecified atom stereocenters. The van der Waals surface area contributed by atoms with Crippen molar-refractivity contribution >= 4 is 40.1 Å². The van der Waals surface area contributed by atoms with Crippen molar-refractivity contribution in [1.29, 1.82) is 0 Å². The minimum atomic E-state index is -0.167. The number of piperazine rings is 1. The molecule has 0 radical (unpaired) electrons. The molecule has 2 aliphatic rings. The number of pyridine rings is 1. The second-order valence-corrected chi connectivity index (χ2v) is 9.76. The van der Waals surface area contributed by atoms with Gasteiger partial charge in [-0.05, 0) is 55.3 Å². The molecule has 6 rings (SSSR count). The Kier molecular flexibility index (Phi) is 6.78. The van der Waals surface area contributed by atoms with E-state index in [9.17, 15) is 4.79 Å². The van der Waals surface area contributed by atoms with Crippen molar-refractivity contribution in [3.05, 3.63) is 60.6 Å². The molecule has 0 atom stereocenters. The molecule has 1 amide bonds.